The quantitative estimate of drug-likeness (QED) is 0.367. The molecule has 1 N–H and O–H groups in total. The van der Waals surface area contributed by atoms with E-state index in [1.54, 1.807) is 13.3 Å². The molecule has 7 nitrogen and oxygen atoms in total. The lowest BCUT2D eigenvalue weighted by Gasteiger charge is -2.30. The smallest absolute Gasteiger partial charge is 0.136 e. The van der Waals surface area contributed by atoms with Gasteiger partial charge in [-0.05, 0) is 75.5 Å². The van der Waals surface area contributed by atoms with Gasteiger partial charge in [-0.2, -0.15) is 5.26 Å². The Kier molecular flexibility index (Phi) is 9.90. The van der Waals surface area contributed by atoms with Crippen LogP contribution in [0.1, 0.15) is 57.1 Å². The average Bonchev–Trinajstić information content (AvgIpc) is 2.94. The average molecular weight is 525 g/mol. The fraction of sp³-hybridized carbons (Fsp3) is 0.586. The van der Waals surface area contributed by atoms with Gasteiger partial charge in [0.05, 0.1) is 22.2 Å². The van der Waals surface area contributed by atoms with Gasteiger partial charge in [0.1, 0.15) is 11.6 Å². The van der Waals surface area contributed by atoms with E-state index >= 15 is 0 Å². The van der Waals surface area contributed by atoms with E-state index in [2.05, 4.69) is 16.4 Å². The van der Waals surface area contributed by atoms with Crippen LogP contribution < -0.4 is 5.32 Å². The number of nitrogens with zero attached hydrogens (tertiary/aromatic N) is 3. The van der Waals surface area contributed by atoms with Gasteiger partial charge < -0.3 is 14.8 Å². The van der Waals surface area contributed by atoms with Crippen molar-refractivity contribution < 1.29 is 14.3 Å². The van der Waals surface area contributed by atoms with E-state index in [0.717, 1.165) is 74.1 Å². The maximum atomic E-state index is 12.5. The second-order valence-corrected chi connectivity index (χ2v) is 10.8. The lowest BCUT2D eigenvalue weighted by Crippen LogP contribution is -2.34. The molecule has 2 aromatic rings. The van der Waals surface area contributed by atoms with Gasteiger partial charge in [-0.25, -0.2) is 4.98 Å². The van der Waals surface area contributed by atoms with Crippen molar-refractivity contribution in [3.63, 3.8) is 0 Å². The van der Waals surface area contributed by atoms with Crippen LogP contribution in [0.5, 0.6) is 0 Å². The first-order valence-electron chi connectivity index (χ1n) is 13.4. The maximum absolute atomic E-state index is 12.5. The summed E-state index contributed by atoms with van der Waals surface area (Å²) in [5.74, 6) is 1.83. The van der Waals surface area contributed by atoms with E-state index in [4.69, 9.17) is 26.1 Å². The Balaban J connectivity index is 1.36. The number of carbonyl (C=O) groups excluding carboxylic acids is 1. The predicted octanol–water partition coefficient (Wildman–Crippen LogP) is 5.87. The van der Waals surface area contributed by atoms with E-state index in [0.29, 0.717) is 49.5 Å². The highest BCUT2D eigenvalue weighted by Gasteiger charge is 2.32. The van der Waals surface area contributed by atoms with Crippen LogP contribution in [-0.4, -0.2) is 49.2 Å². The maximum Gasteiger partial charge on any atom is 0.136 e. The number of hydrogen-bond acceptors (Lipinski definition) is 7. The number of aromatic nitrogens is 2. The molecule has 0 radical (unpaired) electrons. The number of pyridine rings is 2. The van der Waals surface area contributed by atoms with E-state index in [9.17, 15) is 10.1 Å². The summed E-state index contributed by atoms with van der Waals surface area (Å²) in [7, 11) is 1.68. The largest absolute Gasteiger partial charge is 0.385 e. The number of nitrogens with one attached hydrogen (secondary N) is 1. The van der Waals surface area contributed by atoms with E-state index in [1.807, 2.05) is 24.3 Å². The minimum absolute atomic E-state index is 0.197. The van der Waals surface area contributed by atoms with Gasteiger partial charge in [0.25, 0.3) is 0 Å². The Bertz CT molecular complexity index is 1090. The predicted molar refractivity (Wildman–Crippen MR) is 144 cm³/mol. The van der Waals surface area contributed by atoms with Crippen LogP contribution in [0.25, 0.3) is 11.3 Å². The summed E-state index contributed by atoms with van der Waals surface area (Å²) in [4.78, 5) is 21.8. The highest BCUT2D eigenvalue weighted by atomic mass is 35.5. The van der Waals surface area contributed by atoms with Crippen LogP contribution in [0.3, 0.4) is 0 Å². The molecule has 1 aliphatic heterocycles. The fourth-order valence-corrected chi connectivity index (χ4v) is 5.60. The van der Waals surface area contributed by atoms with Gasteiger partial charge in [0, 0.05) is 63.3 Å². The zero-order chi connectivity index (χ0) is 26.1. The molecule has 2 aliphatic rings. The number of hydrogen-bond donors (Lipinski definition) is 1. The van der Waals surface area contributed by atoms with Crippen LogP contribution in [-0.2, 0) is 20.7 Å². The van der Waals surface area contributed by atoms with Crippen molar-refractivity contribution in [1.82, 2.24) is 9.97 Å². The molecule has 1 saturated carbocycles. The summed E-state index contributed by atoms with van der Waals surface area (Å²) >= 11 is 6.55. The minimum atomic E-state index is -0.426. The van der Waals surface area contributed by atoms with Crippen LogP contribution in [0.2, 0.25) is 5.02 Å². The number of methoxy groups -OCH3 is 1. The lowest BCUT2D eigenvalue weighted by molar-refractivity contribution is -0.124. The molecular weight excluding hydrogens is 488 g/mol. The first-order chi connectivity index (χ1) is 18.0. The summed E-state index contributed by atoms with van der Waals surface area (Å²) in [6.45, 7) is 2.42. The third-order valence-corrected chi connectivity index (χ3v) is 8.10. The number of carbonyl (C=O) groups is 1. The molecule has 1 saturated heterocycles. The Morgan fingerprint density at radius 2 is 2.05 bits per heavy atom. The minimum Gasteiger partial charge on any atom is -0.385 e. The zero-order valence-electron chi connectivity index (χ0n) is 21.7. The molecule has 0 spiro atoms. The zero-order valence-corrected chi connectivity index (χ0v) is 22.4. The lowest BCUT2D eigenvalue weighted by atomic mass is 9.77. The Labute approximate surface area is 224 Å². The van der Waals surface area contributed by atoms with Gasteiger partial charge in [-0.15, -0.1) is 0 Å². The number of rotatable bonds is 11. The van der Waals surface area contributed by atoms with Crippen molar-refractivity contribution in [2.75, 3.05) is 38.8 Å². The number of ether oxygens (including phenoxy) is 2. The molecule has 8 heteroatoms. The first kappa shape index (κ1) is 27.5. The molecule has 2 fully saturated rings. The first-order valence-corrected chi connectivity index (χ1v) is 13.8. The van der Waals surface area contributed by atoms with Crippen LogP contribution in [0, 0.1) is 28.6 Å². The highest BCUT2D eigenvalue weighted by molar-refractivity contribution is 6.33. The Morgan fingerprint density at radius 3 is 2.78 bits per heavy atom. The molecular formula is C29H37ClN4O3. The van der Waals surface area contributed by atoms with Crippen molar-refractivity contribution in [2.45, 2.75) is 57.8 Å². The molecule has 0 amide bonds. The van der Waals surface area contributed by atoms with Crippen molar-refractivity contribution in [2.24, 2.45) is 17.3 Å². The third-order valence-electron chi connectivity index (χ3n) is 7.80. The van der Waals surface area contributed by atoms with E-state index in [-0.39, 0.29) is 5.92 Å². The van der Waals surface area contributed by atoms with Crippen molar-refractivity contribution in [1.29, 1.82) is 5.26 Å². The summed E-state index contributed by atoms with van der Waals surface area (Å²) in [5, 5.41) is 13.7. The Hall–Kier alpha value is -2.53. The number of ketones is 1. The van der Waals surface area contributed by atoms with Gasteiger partial charge in [0.2, 0.25) is 0 Å². The molecule has 1 aliphatic carbocycles. The summed E-state index contributed by atoms with van der Waals surface area (Å²) in [5.41, 5.74) is 2.21. The van der Waals surface area contributed by atoms with Gasteiger partial charge in [-0.3, -0.25) is 9.78 Å². The fourth-order valence-electron chi connectivity index (χ4n) is 5.40. The van der Waals surface area contributed by atoms with E-state index in [1.165, 1.54) is 0 Å². The van der Waals surface area contributed by atoms with Crippen LogP contribution in [0.4, 0.5) is 5.82 Å². The van der Waals surface area contributed by atoms with Crippen LogP contribution >= 0.6 is 11.6 Å². The van der Waals surface area contributed by atoms with Gasteiger partial charge in [-0.1, -0.05) is 17.7 Å². The molecule has 2 aromatic heterocycles. The molecule has 0 unspecified atom stereocenters. The van der Waals surface area contributed by atoms with Gasteiger partial charge >= 0.3 is 0 Å². The second-order valence-electron chi connectivity index (χ2n) is 10.4. The van der Waals surface area contributed by atoms with Gasteiger partial charge in [0.15, 0.2) is 0 Å². The molecule has 0 atom stereocenters. The molecule has 0 bridgehead atoms. The molecule has 0 aromatic carbocycles. The standard InChI is InChI=1S/C29H37ClN4O3/c1-36-13-3-5-27(35)22-9-7-21(8-10-22)16-23-17-24(25(30)18-32-23)26-4-2-6-28(34-26)33-20-29(19-31)11-14-37-15-12-29/h2,4,6,17-18,21-22H,3,5,7-16,20H2,1H3,(H,33,34). The topological polar surface area (TPSA) is 97.1 Å². The Morgan fingerprint density at radius 1 is 1.27 bits per heavy atom. The SMILES string of the molecule is COCCCC(=O)C1CCC(Cc2cc(-c3cccc(NCC4(C#N)CCOCC4)n3)c(Cl)cn2)CC1. The number of nitriles is 1. The molecule has 4 rings (SSSR count). The second kappa shape index (κ2) is 13.3. The monoisotopic (exact) mass is 524 g/mol. The summed E-state index contributed by atoms with van der Waals surface area (Å²) in [6.07, 6.45) is 9.48. The third kappa shape index (κ3) is 7.50. The van der Waals surface area contributed by atoms with E-state index < -0.39 is 5.41 Å². The number of Topliss-reactive ketones (excluding diaryl/α,β-unsaturated/α-hetero) is 1. The molecule has 37 heavy (non-hydrogen) atoms. The number of anilines is 1. The van der Waals surface area contributed by atoms with Crippen molar-refractivity contribution in [3.8, 4) is 17.3 Å². The number of halogens is 1. The summed E-state index contributed by atoms with van der Waals surface area (Å²) in [6, 6.07) is 10.4. The van der Waals surface area contributed by atoms with Crippen molar-refractivity contribution in [3.05, 3.63) is 41.2 Å². The van der Waals surface area contributed by atoms with Crippen LogP contribution in [0.15, 0.2) is 30.5 Å². The normalized spacial score (nSPS) is 21.2. The highest BCUT2D eigenvalue weighted by Crippen LogP contribution is 2.34. The molecule has 3 heterocycles. The van der Waals surface area contributed by atoms with Crippen molar-refractivity contribution >= 4 is 23.2 Å². The summed E-state index contributed by atoms with van der Waals surface area (Å²) < 4.78 is 10.5. The molecule has 198 valence electrons.